The van der Waals surface area contributed by atoms with Gasteiger partial charge in [0.25, 0.3) is 5.56 Å². The van der Waals surface area contributed by atoms with Gasteiger partial charge < -0.3 is 14.2 Å². The first kappa shape index (κ1) is 13.7. The van der Waals surface area contributed by atoms with Gasteiger partial charge in [-0.15, -0.1) is 11.3 Å². The third kappa shape index (κ3) is 2.29. The first-order valence-corrected chi connectivity index (χ1v) is 7.48. The number of nitrogens with zero attached hydrogens (tertiary/aromatic N) is 2. The van der Waals surface area contributed by atoms with Crippen LogP contribution in [-0.2, 0) is 7.05 Å². The van der Waals surface area contributed by atoms with E-state index in [4.69, 9.17) is 4.74 Å². The zero-order chi connectivity index (χ0) is 15.0. The second-order valence-corrected chi connectivity index (χ2v) is 5.82. The number of benzene rings is 1. The minimum atomic E-state index is 0.0168. The molecule has 0 saturated carbocycles. The van der Waals surface area contributed by atoms with Crippen molar-refractivity contribution in [1.82, 2.24) is 4.57 Å². The minimum absolute atomic E-state index is 0.0168. The molecule has 2 heterocycles. The van der Waals surface area contributed by atoms with Crippen molar-refractivity contribution in [3.8, 4) is 5.75 Å². The number of rotatable bonds is 1. The molecule has 2 aromatic rings. The van der Waals surface area contributed by atoms with E-state index < -0.39 is 0 Å². The quantitative estimate of drug-likeness (QED) is 0.798. The Morgan fingerprint density at radius 2 is 1.95 bits per heavy atom. The lowest BCUT2D eigenvalue weighted by Crippen LogP contribution is -2.28. The summed E-state index contributed by atoms with van der Waals surface area (Å²) in [5.74, 6) is 1.55. The van der Waals surface area contributed by atoms with Gasteiger partial charge in [0.15, 0.2) is 11.6 Å². The molecule has 0 amide bonds. The fourth-order valence-electron chi connectivity index (χ4n) is 2.26. The Bertz CT molecular complexity index is 890. The summed E-state index contributed by atoms with van der Waals surface area (Å²) in [6, 6.07) is 7.85. The molecule has 1 aliphatic rings. The smallest absolute Gasteiger partial charge is 0.268 e. The number of hydrogen-bond acceptors (Lipinski definition) is 4. The highest BCUT2D eigenvalue weighted by molar-refractivity contribution is 7.07. The molecule has 3 rings (SSSR count). The molecule has 0 spiro atoms. The number of allylic oxidation sites excluding steroid dienone is 1. The van der Waals surface area contributed by atoms with Gasteiger partial charge in [0.2, 0.25) is 0 Å². The Hall–Kier alpha value is -2.27. The van der Waals surface area contributed by atoms with Gasteiger partial charge in [0.05, 0.1) is 14.9 Å². The minimum Gasteiger partial charge on any atom is -0.439 e. The molecule has 0 aliphatic carbocycles. The van der Waals surface area contributed by atoms with Gasteiger partial charge in [-0.25, -0.2) is 0 Å². The summed E-state index contributed by atoms with van der Waals surface area (Å²) >= 11 is 1.48. The molecular formula is C16H16N2O2S. The van der Waals surface area contributed by atoms with Crippen LogP contribution in [0.5, 0.6) is 5.75 Å². The highest BCUT2D eigenvalue weighted by Gasteiger charge is 2.21. The molecule has 1 aromatic heterocycles. The third-order valence-corrected chi connectivity index (χ3v) is 4.71. The molecule has 0 unspecified atom stereocenters. The Kier molecular flexibility index (Phi) is 3.43. The largest absolute Gasteiger partial charge is 0.439 e. The van der Waals surface area contributed by atoms with E-state index in [1.807, 2.05) is 61.4 Å². The molecule has 0 N–H and O–H groups in total. The van der Waals surface area contributed by atoms with Crippen LogP contribution in [-0.4, -0.2) is 11.6 Å². The van der Waals surface area contributed by atoms with Crippen LogP contribution in [0.4, 0.5) is 5.69 Å². The summed E-state index contributed by atoms with van der Waals surface area (Å²) in [5, 5.41) is 0. The number of para-hydroxylation sites is 2. The van der Waals surface area contributed by atoms with Gasteiger partial charge in [0, 0.05) is 20.2 Å². The number of ether oxygens (including phenoxy) is 1. The molecule has 108 valence electrons. The predicted molar refractivity (Wildman–Crippen MR) is 87.0 cm³/mol. The van der Waals surface area contributed by atoms with Crippen molar-refractivity contribution in [2.24, 2.45) is 7.05 Å². The number of anilines is 1. The van der Waals surface area contributed by atoms with Crippen LogP contribution in [0.3, 0.4) is 0 Å². The first-order valence-electron chi connectivity index (χ1n) is 6.66. The van der Waals surface area contributed by atoms with Crippen molar-refractivity contribution in [2.75, 3.05) is 11.9 Å². The van der Waals surface area contributed by atoms with Crippen molar-refractivity contribution in [1.29, 1.82) is 0 Å². The first-order chi connectivity index (χ1) is 10.1. The van der Waals surface area contributed by atoms with E-state index in [1.54, 1.807) is 11.6 Å². The molecule has 21 heavy (non-hydrogen) atoms. The van der Waals surface area contributed by atoms with Crippen molar-refractivity contribution >= 4 is 29.2 Å². The maximum Gasteiger partial charge on any atom is 0.268 e. The summed E-state index contributed by atoms with van der Waals surface area (Å²) in [4.78, 5) is 14.1. The van der Waals surface area contributed by atoms with Crippen LogP contribution in [0.15, 0.2) is 41.0 Å². The zero-order valence-electron chi connectivity index (χ0n) is 12.2. The van der Waals surface area contributed by atoms with Crippen molar-refractivity contribution in [3.05, 3.63) is 55.8 Å². The van der Waals surface area contributed by atoms with Crippen LogP contribution >= 0.6 is 11.3 Å². The van der Waals surface area contributed by atoms with Crippen LogP contribution in [0.1, 0.15) is 6.92 Å². The lowest BCUT2D eigenvalue weighted by atomic mass is 10.3. The lowest BCUT2D eigenvalue weighted by Gasteiger charge is -2.09. The SMILES string of the molecule is C/C=c1/sc(=CC=C2Oc3ccccc3N2C)c(=O)n1C. The average molecular weight is 300 g/mol. The molecule has 0 atom stereocenters. The maximum absolute atomic E-state index is 12.1. The van der Waals surface area contributed by atoms with E-state index in [2.05, 4.69) is 0 Å². The molecular weight excluding hydrogens is 284 g/mol. The second-order valence-electron chi connectivity index (χ2n) is 4.76. The second kappa shape index (κ2) is 5.26. The van der Waals surface area contributed by atoms with Crippen LogP contribution in [0.2, 0.25) is 0 Å². The van der Waals surface area contributed by atoms with E-state index in [1.165, 1.54) is 11.3 Å². The molecule has 4 nitrogen and oxygen atoms in total. The van der Waals surface area contributed by atoms with Gasteiger partial charge >= 0.3 is 0 Å². The van der Waals surface area contributed by atoms with Crippen LogP contribution < -0.4 is 24.4 Å². The Labute approximate surface area is 126 Å². The molecule has 1 aliphatic heterocycles. The monoisotopic (exact) mass is 300 g/mol. The highest BCUT2D eigenvalue weighted by atomic mass is 32.1. The number of hydrogen-bond donors (Lipinski definition) is 0. The van der Waals surface area contributed by atoms with Crippen molar-refractivity contribution in [2.45, 2.75) is 6.92 Å². The maximum atomic E-state index is 12.1. The number of aromatic nitrogens is 1. The van der Waals surface area contributed by atoms with Crippen LogP contribution in [0, 0.1) is 0 Å². The van der Waals surface area contributed by atoms with Gasteiger partial charge in [-0.2, -0.15) is 0 Å². The fraction of sp³-hybridized carbons (Fsp3) is 0.188. The van der Waals surface area contributed by atoms with E-state index >= 15 is 0 Å². The third-order valence-electron chi connectivity index (χ3n) is 3.46. The summed E-state index contributed by atoms with van der Waals surface area (Å²) in [6.07, 6.45) is 5.59. The predicted octanol–water partition coefficient (Wildman–Crippen LogP) is 1.40. The Balaban J connectivity index is 2.03. The van der Waals surface area contributed by atoms with Gasteiger partial charge in [-0.1, -0.05) is 18.2 Å². The highest BCUT2D eigenvalue weighted by Crippen LogP contribution is 2.37. The Morgan fingerprint density at radius 1 is 1.19 bits per heavy atom. The summed E-state index contributed by atoms with van der Waals surface area (Å²) in [5.41, 5.74) is 1.04. The summed E-state index contributed by atoms with van der Waals surface area (Å²) in [7, 11) is 3.73. The normalized spacial score (nSPS) is 17.5. The molecule has 0 fully saturated rings. The Morgan fingerprint density at radius 3 is 2.62 bits per heavy atom. The molecule has 5 heteroatoms. The number of fused-ring (bicyclic) bond motifs is 1. The zero-order valence-corrected chi connectivity index (χ0v) is 13.0. The molecule has 1 aromatic carbocycles. The molecule has 0 radical (unpaired) electrons. The standard InChI is InChI=1S/C16H16N2O2S/c1-4-15-18(3)16(19)13(21-15)9-10-14-17(2)11-7-5-6-8-12(11)20-14/h4-10H,1-3H3/b13-9?,14-10?,15-4+. The van der Waals surface area contributed by atoms with E-state index in [0.717, 1.165) is 16.1 Å². The van der Waals surface area contributed by atoms with Gasteiger partial charge in [-0.05, 0) is 25.1 Å². The summed E-state index contributed by atoms with van der Waals surface area (Å²) in [6.45, 7) is 1.93. The lowest BCUT2D eigenvalue weighted by molar-refractivity contribution is 0.444. The fourth-order valence-corrected chi connectivity index (χ4v) is 3.18. The van der Waals surface area contributed by atoms with E-state index in [-0.39, 0.29) is 5.56 Å². The van der Waals surface area contributed by atoms with E-state index in [9.17, 15) is 4.79 Å². The average Bonchev–Trinajstić information content (AvgIpc) is 2.97. The summed E-state index contributed by atoms with van der Waals surface area (Å²) < 4.78 is 9.10. The van der Waals surface area contributed by atoms with Gasteiger partial charge in [0.1, 0.15) is 0 Å². The van der Waals surface area contributed by atoms with Crippen molar-refractivity contribution < 1.29 is 4.74 Å². The molecule has 0 bridgehead atoms. The van der Waals surface area contributed by atoms with E-state index in [0.29, 0.717) is 10.4 Å². The van der Waals surface area contributed by atoms with Gasteiger partial charge in [-0.3, -0.25) is 4.79 Å². The number of thiazole rings is 1. The molecule has 0 saturated heterocycles. The van der Waals surface area contributed by atoms with Crippen LogP contribution in [0.25, 0.3) is 12.2 Å². The van der Waals surface area contributed by atoms with Crippen molar-refractivity contribution in [3.63, 3.8) is 0 Å². The topological polar surface area (TPSA) is 34.5 Å².